The van der Waals surface area contributed by atoms with Crippen molar-refractivity contribution in [2.75, 3.05) is 0 Å². The van der Waals surface area contributed by atoms with Gasteiger partial charge in [-0.3, -0.25) is 19.9 Å². The first kappa shape index (κ1) is 39.2. The van der Waals surface area contributed by atoms with Crippen molar-refractivity contribution in [2.24, 2.45) is 0 Å². The maximum atomic E-state index is 10.2. The van der Waals surface area contributed by atoms with Gasteiger partial charge in [0.25, 0.3) is 0 Å². The van der Waals surface area contributed by atoms with Gasteiger partial charge in [-0.25, -0.2) is 19.2 Å². The summed E-state index contributed by atoms with van der Waals surface area (Å²) in [5, 5.41) is 33.4. The average molecular weight is 664 g/mol. The second-order valence-corrected chi connectivity index (χ2v) is 6.16. The smallest absolute Gasteiger partial charge is 1.00 e. The summed E-state index contributed by atoms with van der Waals surface area (Å²) < 4.78 is 0. The molecule has 204 valence electrons. The second-order valence-electron chi connectivity index (χ2n) is 6.16. The van der Waals surface area contributed by atoms with Crippen LogP contribution in [0.5, 0.6) is 0 Å². The van der Waals surface area contributed by atoms with E-state index in [0.717, 1.165) is 0 Å². The van der Waals surface area contributed by atoms with Crippen LogP contribution in [0.4, 0.5) is 0 Å². The Hall–Kier alpha value is -4.32. The number of pyridine rings is 4. The van der Waals surface area contributed by atoms with Crippen LogP contribution < -0.4 is 24.8 Å². The number of aromatic nitrogens is 4. The minimum atomic E-state index is -0.919. The Kier molecular flexibility index (Phi) is 23.0. The zero-order chi connectivity index (χ0) is 26.8. The number of carboxylic acid groups (broad SMARTS) is 4. The van der Waals surface area contributed by atoms with Gasteiger partial charge in [-0.1, -0.05) is 0 Å². The van der Waals surface area contributed by atoms with Gasteiger partial charge in [-0.15, -0.1) is 0 Å². The molecule has 0 aliphatic carbocycles. The van der Waals surface area contributed by atoms with Crippen molar-refractivity contribution in [3.8, 4) is 0 Å². The van der Waals surface area contributed by atoms with Crippen LogP contribution in [0.15, 0.2) is 98.1 Å². The normalized spacial score (nSPS) is 8.21. The van der Waals surface area contributed by atoms with Gasteiger partial charge in [-0.05, 0) is 48.5 Å². The minimum Gasteiger partial charge on any atom is -1.00 e. The molecule has 0 saturated heterocycles. The SMILES string of the molecule is O=C(O)c1ccncc1.O=C(O)c1ccncc1.O=C(O)c1ccncc1.O=C(O)c1ccncc1.[Cl-].[Cl-].[Ru+4]. The Labute approximate surface area is 247 Å². The van der Waals surface area contributed by atoms with Crippen LogP contribution in [0.1, 0.15) is 41.4 Å². The number of rotatable bonds is 4. The molecule has 0 radical (unpaired) electrons. The average Bonchev–Trinajstić information content (AvgIpc) is 2.92. The maximum absolute atomic E-state index is 10.2. The molecule has 0 saturated carbocycles. The van der Waals surface area contributed by atoms with Crippen LogP contribution in [0.2, 0.25) is 0 Å². The van der Waals surface area contributed by atoms with Crippen molar-refractivity contribution in [3.63, 3.8) is 0 Å². The zero-order valence-corrected chi connectivity index (χ0v) is 22.8. The topological polar surface area (TPSA) is 201 Å². The molecule has 39 heavy (non-hydrogen) atoms. The Bertz CT molecular complexity index is 1050. The van der Waals surface area contributed by atoms with Crippen molar-refractivity contribution in [2.45, 2.75) is 0 Å². The number of halogens is 2. The maximum Gasteiger partial charge on any atom is 4.00 e. The van der Waals surface area contributed by atoms with Crippen molar-refractivity contribution < 1.29 is 83.9 Å². The van der Waals surface area contributed by atoms with E-state index in [2.05, 4.69) is 19.9 Å². The molecule has 0 aliphatic heterocycles. The summed E-state index contributed by atoms with van der Waals surface area (Å²) in [6, 6.07) is 11.6. The monoisotopic (exact) mass is 664 g/mol. The van der Waals surface area contributed by atoms with Crippen LogP contribution >= 0.6 is 0 Å². The molecule has 0 fully saturated rings. The van der Waals surface area contributed by atoms with E-state index in [1.54, 1.807) is 0 Å². The minimum absolute atomic E-state index is 0. The van der Waals surface area contributed by atoms with E-state index in [-0.39, 0.29) is 66.5 Å². The Morgan fingerprint density at radius 3 is 0.590 bits per heavy atom. The molecular formula is C24H20Cl2N4O8Ru+2. The van der Waals surface area contributed by atoms with E-state index in [0.29, 0.717) is 0 Å². The molecule has 4 aromatic heterocycles. The Balaban J connectivity index is -0.000000432. The van der Waals surface area contributed by atoms with E-state index < -0.39 is 23.9 Å². The van der Waals surface area contributed by atoms with Gasteiger partial charge < -0.3 is 45.2 Å². The molecule has 4 aromatic rings. The number of carbonyl (C=O) groups is 4. The third kappa shape index (κ3) is 17.7. The van der Waals surface area contributed by atoms with Crippen LogP contribution in [-0.4, -0.2) is 64.2 Å². The van der Waals surface area contributed by atoms with Crippen LogP contribution in [0, 0.1) is 0 Å². The molecule has 0 bridgehead atoms. The molecule has 0 aliphatic rings. The predicted octanol–water partition coefficient (Wildman–Crippen LogP) is -2.88. The number of hydrogen-bond acceptors (Lipinski definition) is 8. The van der Waals surface area contributed by atoms with Gasteiger partial charge in [0.05, 0.1) is 22.3 Å². The first-order valence-electron chi connectivity index (χ1n) is 9.75. The molecule has 0 unspecified atom stereocenters. The molecule has 0 amide bonds. The summed E-state index contributed by atoms with van der Waals surface area (Å²) in [6.07, 6.45) is 11.6. The molecule has 0 aromatic carbocycles. The molecule has 0 spiro atoms. The molecule has 15 heteroatoms. The van der Waals surface area contributed by atoms with E-state index in [1.807, 2.05) is 0 Å². The van der Waals surface area contributed by atoms with Crippen LogP contribution in [-0.2, 0) is 19.5 Å². The summed E-state index contributed by atoms with van der Waals surface area (Å²) in [7, 11) is 0. The third-order valence-electron chi connectivity index (χ3n) is 3.71. The fourth-order valence-corrected chi connectivity index (χ4v) is 1.98. The molecule has 12 nitrogen and oxygen atoms in total. The Morgan fingerprint density at radius 2 is 0.513 bits per heavy atom. The van der Waals surface area contributed by atoms with E-state index in [9.17, 15) is 19.2 Å². The standard InChI is InChI=1S/4C6H5NO2.2ClH.Ru/c4*8-6(9)5-1-3-7-4-2-5;;;/h4*1-4H,(H,8,9);2*1H;/q;;;;;;+4/p-2. The van der Waals surface area contributed by atoms with Gasteiger partial charge in [0, 0.05) is 49.6 Å². The van der Waals surface area contributed by atoms with E-state index in [1.165, 1.54) is 98.1 Å². The first-order valence-corrected chi connectivity index (χ1v) is 9.75. The van der Waals surface area contributed by atoms with Crippen molar-refractivity contribution in [1.29, 1.82) is 0 Å². The second kappa shape index (κ2) is 22.8. The number of carboxylic acids is 4. The molecular weight excluding hydrogens is 644 g/mol. The molecule has 0 atom stereocenters. The number of aromatic carboxylic acids is 4. The number of nitrogens with zero attached hydrogens (tertiary/aromatic N) is 4. The van der Waals surface area contributed by atoms with E-state index in [4.69, 9.17) is 20.4 Å². The van der Waals surface area contributed by atoms with E-state index >= 15 is 0 Å². The molecule has 4 rings (SSSR count). The van der Waals surface area contributed by atoms with Crippen LogP contribution in [0.3, 0.4) is 0 Å². The fourth-order valence-electron chi connectivity index (χ4n) is 1.98. The number of hydrogen-bond donors (Lipinski definition) is 4. The summed E-state index contributed by atoms with van der Waals surface area (Å²) in [5.74, 6) is -3.68. The third-order valence-corrected chi connectivity index (χ3v) is 3.71. The Morgan fingerprint density at radius 1 is 0.385 bits per heavy atom. The largest absolute Gasteiger partial charge is 4.00 e. The first-order chi connectivity index (χ1) is 17.2. The summed E-state index contributed by atoms with van der Waals surface area (Å²) >= 11 is 0. The van der Waals surface area contributed by atoms with Crippen molar-refractivity contribution in [1.82, 2.24) is 19.9 Å². The summed E-state index contributed by atoms with van der Waals surface area (Å²) in [4.78, 5) is 55.4. The van der Waals surface area contributed by atoms with Crippen LogP contribution in [0.25, 0.3) is 0 Å². The quantitative estimate of drug-likeness (QED) is 0.163. The van der Waals surface area contributed by atoms with Gasteiger partial charge in [0.1, 0.15) is 0 Å². The predicted molar refractivity (Wildman–Crippen MR) is 125 cm³/mol. The van der Waals surface area contributed by atoms with Crippen molar-refractivity contribution in [3.05, 3.63) is 120 Å². The summed E-state index contributed by atoms with van der Waals surface area (Å²) in [6.45, 7) is 0. The molecule has 4 heterocycles. The van der Waals surface area contributed by atoms with Crippen molar-refractivity contribution >= 4 is 23.9 Å². The molecule has 4 N–H and O–H groups in total. The zero-order valence-electron chi connectivity index (χ0n) is 19.6. The van der Waals surface area contributed by atoms with Gasteiger partial charge in [-0.2, -0.15) is 0 Å². The van der Waals surface area contributed by atoms with Gasteiger partial charge in [0.15, 0.2) is 0 Å². The van der Waals surface area contributed by atoms with Gasteiger partial charge >= 0.3 is 43.4 Å². The van der Waals surface area contributed by atoms with Gasteiger partial charge in [0.2, 0.25) is 0 Å². The fraction of sp³-hybridized carbons (Fsp3) is 0. The summed E-state index contributed by atoms with van der Waals surface area (Å²) in [5.41, 5.74) is 1.07.